The molecule has 2 aromatic carbocycles. The van der Waals surface area contributed by atoms with Gasteiger partial charge in [0.1, 0.15) is 22.8 Å². The summed E-state index contributed by atoms with van der Waals surface area (Å²) in [5.74, 6) is 3.68. The molecule has 0 spiro atoms. The Labute approximate surface area is 208 Å². The van der Waals surface area contributed by atoms with Crippen LogP contribution in [0, 0.1) is 0 Å². The molecule has 0 bridgehead atoms. The molecule has 9 heteroatoms. The van der Waals surface area contributed by atoms with E-state index < -0.39 is 0 Å². The van der Waals surface area contributed by atoms with Gasteiger partial charge in [-0.05, 0) is 42.3 Å². The average molecular weight is 483 g/mol. The van der Waals surface area contributed by atoms with Crippen molar-refractivity contribution in [2.45, 2.75) is 25.3 Å². The van der Waals surface area contributed by atoms with E-state index in [0.29, 0.717) is 18.2 Å². The zero-order valence-corrected chi connectivity index (χ0v) is 20.4. The molecule has 182 valence electrons. The number of ether oxygens (including phenoxy) is 3. The molecule has 1 aliphatic carbocycles. The van der Waals surface area contributed by atoms with Gasteiger partial charge in [-0.2, -0.15) is 4.52 Å². The number of para-hydroxylation sites is 1. The van der Waals surface area contributed by atoms with Gasteiger partial charge in [0.05, 0.1) is 21.3 Å². The summed E-state index contributed by atoms with van der Waals surface area (Å²) in [6.45, 7) is 0.476. The molecule has 3 aromatic heterocycles. The summed E-state index contributed by atoms with van der Waals surface area (Å²) in [6.07, 6.45) is 3.55. The van der Waals surface area contributed by atoms with Crippen LogP contribution in [0.2, 0.25) is 0 Å². The van der Waals surface area contributed by atoms with Crippen LogP contribution in [0.25, 0.3) is 16.6 Å². The molecule has 9 nitrogen and oxygen atoms in total. The number of aromatic nitrogens is 5. The first-order chi connectivity index (χ1) is 17.7. The third-order valence-corrected chi connectivity index (χ3v) is 6.69. The monoisotopic (exact) mass is 482 g/mol. The van der Waals surface area contributed by atoms with Crippen LogP contribution in [-0.4, -0.2) is 45.9 Å². The summed E-state index contributed by atoms with van der Waals surface area (Å²) in [4.78, 5) is 14.5. The van der Waals surface area contributed by atoms with E-state index in [1.54, 1.807) is 25.8 Å². The molecule has 36 heavy (non-hydrogen) atoms. The fourth-order valence-electron chi connectivity index (χ4n) is 4.84. The number of fused-ring (bicyclic) bond motifs is 4. The van der Waals surface area contributed by atoms with Gasteiger partial charge in [-0.25, -0.2) is 9.97 Å². The molecule has 1 atom stereocenters. The molecule has 0 saturated carbocycles. The molecule has 1 unspecified atom stereocenters. The van der Waals surface area contributed by atoms with Crippen LogP contribution in [0.1, 0.15) is 28.6 Å². The Balaban J connectivity index is 1.42. The molecular weight excluding hydrogens is 456 g/mol. The second-order valence-corrected chi connectivity index (χ2v) is 8.74. The zero-order chi connectivity index (χ0) is 24.6. The summed E-state index contributed by atoms with van der Waals surface area (Å²) >= 11 is 0. The van der Waals surface area contributed by atoms with Crippen molar-refractivity contribution in [3.8, 4) is 17.2 Å². The molecule has 6 rings (SSSR count). The number of hydrogen-bond donors (Lipinski definition) is 1. The topological polar surface area (TPSA) is 95.7 Å². The van der Waals surface area contributed by atoms with Crippen LogP contribution in [0.3, 0.4) is 0 Å². The van der Waals surface area contributed by atoms with Crippen LogP contribution >= 0.6 is 0 Å². The van der Waals surface area contributed by atoms with E-state index in [4.69, 9.17) is 29.3 Å². The highest BCUT2D eigenvalue weighted by molar-refractivity contribution is 5.96. The molecule has 0 radical (unpaired) electrons. The first-order valence-electron chi connectivity index (χ1n) is 11.8. The largest absolute Gasteiger partial charge is 0.497 e. The lowest BCUT2D eigenvalue weighted by Crippen LogP contribution is -2.09. The highest BCUT2D eigenvalue weighted by atomic mass is 16.5. The van der Waals surface area contributed by atoms with Gasteiger partial charge in [-0.1, -0.05) is 12.1 Å². The summed E-state index contributed by atoms with van der Waals surface area (Å²) in [6, 6.07) is 15.7. The summed E-state index contributed by atoms with van der Waals surface area (Å²) < 4.78 is 18.3. The van der Waals surface area contributed by atoms with Crippen molar-refractivity contribution in [1.29, 1.82) is 0 Å². The number of methoxy groups -OCH3 is 3. The smallest absolute Gasteiger partial charge is 0.226 e. The molecule has 1 aliphatic rings. The first-order valence-corrected chi connectivity index (χ1v) is 11.8. The number of nitrogens with one attached hydrogen (secondary N) is 1. The van der Waals surface area contributed by atoms with E-state index in [-0.39, 0.29) is 5.92 Å². The Morgan fingerprint density at radius 3 is 2.64 bits per heavy atom. The van der Waals surface area contributed by atoms with Crippen molar-refractivity contribution in [3.05, 3.63) is 77.4 Å². The summed E-state index contributed by atoms with van der Waals surface area (Å²) in [5.41, 5.74) is 4.81. The third-order valence-electron chi connectivity index (χ3n) is 6.69. The van der Waals surface area contributed by atoms with Gasteiger partial charge < -0.3 is 19.5 Å². The second kappa shape index (κ2) is 8.99. The number of pyridine rings is 1. The third kappa shape index (κ3) is 3.73. The highest BCUT2D eigenvalue weighted by Gasteiger charge is 2.28. The molecule has 0 fully saturated rings. The van der Waals surface area contributed by atoms with Crippen LogP contribution in [-0.2, 0) is 19.4 Å². The number of rotatable bonds is 7. The van der Waals surface area contributed by atoms with Gasteiger partial charge >= 0.3 is 0 Å². The van der Waals surface area contributed by atoms with E-state index in [9.17, 15) is 0 Å². The molecule has 1 N–H and O–H groups in total. The van der Waals surface area contributed by atoms with E-state index in [2.05, 4.69) is 16.4 Å². The standard InChI is InChI=1S/C27H26N6O3/c1-34-19-10-9-17(23(14-19)36-3)15-29-27-30-24-20(7-4-8-22(24)35-2)26-31-25(32-33(26)27)18-12-16-6-5-11-28-21(16)13-18/h4-11,14,18H,12-13,15H2,1-3H3,(H,29,30). The van der Waals surface area contributed by atoms with E-state index in [1.165, 1.54) is 5.56 Å². The normalized spacial score (nSPS) is 14.7. The molecular formula is C27H26N6O3. The van der Waals surface area contributed by atoms with Crippen LogP contribution in [0.4, 0.5) is 5.95 Å². The maximum atomic E-state index is 5.62. The molecule has 5 aromatic rings. The van der Waals surface area contributed by atoms with Crippen molar-refractivity contribution in [1.82, 2.24) is 24.6 Å². The Morgan fingerprint density at radius 1 is 0.944 bits per heavy atom. The first kappa shape index (κ1) is 22.1. The van der Waals surface area contributed by atoms with E-state index in [0.717, 1.165) is 58.0 Å². The van der Waals surface area contributed by atoms with Gasteiger partial charge in [0.25, 0.3) is 0 Å². The number of nitrogens with zero attached hydrogens (tertiary/aromatic N) is 5. The minimum atomic E-state index is 0.171. The SMILES string of the molecule is COc1ccc(CNc2nc3c(OC)cccc3c3nc(C4Cc5cccnc5C4)nn23)c(OC)c1. The van der Waals surface area contributed by atoms with Crippen molar-refractivity contribution >= 4 is 22.5 Å². The summed E-state index contributed by atoms with van der Waals surface area (Å²) in [7, 11) is 4.93. The van der Waals surface area contributed by atoms with Crippen molar-refractivity contribution in [3.63, 3.8) is 0 Å². The van der Waals surface area contributed by atoms with Crippen LogP contribution in [0.5, 0.6) is 17.2 Å². The van der Waals surface area contributed by atoms with Crippen molar-refractivity contribution in [2.75, 3.05) is 26.6 Å². The van der Waals surface area contributed by atoms with Crippen molar-refractivity contribution < 1.29 is 14.2 Å². The quantitative estimate of drug-likeness (QED) is 0.369. The Morgan fingerprint density at radius 2 is 1.83 bits per heavy atom. The van der Waals surface area contributed by atoms with Gasteiger partial charge in [-0.15, -0.1) is 5.10 Å². The molecule has 0 saturated heterocycles. The molecule has 0 aliphatic heterocycles. The fourth-order valence-corrected chi connectivity index (χ4v) is 4.84. The maximum absolute atomic E-state index is 5.62. The lowest BCUT2D eigenvalue weighted by molar-refractivity contribution is 0.391. The van der Waals surface area contributed by atoms with Crippen LogP contribution in [0.15, 0.2) is 54.7 Å². The van der Waals surface area contributed by atoms with E-state index in [1.807, 2.05) is 48.7 Å². The van der Waals surface area contributed by atoms with Gasteiger partial charge in [0.15, 0.2) is 11.5 Å². The Hall–Kier alpha value is -4.40. The number of hydrogen-bond acceptors (Lipinski definition) is 8. The van der Waals surface area contributed by atoms with Gasteiger partial charge in [0.2, 0.25) is 5.95 Å². The lowest BCUT2D eigenvalue weighted by atomic mass is 10.1. The fraction of sp³-hybridized carbons (Fsp3) is 0.259. The Kier molecular flexibility index (Phi) is 5.52. The second-order valence-electron chi connectivity index (χ2n) is 8.74. The predicted octanol–water partition coefficient (Wildman–Crippen LogP) is 4.19. The summed E-state index contributed by atoms with van der Waals surface area (Å²) in [5, 5.41) is 9.25. The van der Waals surface area contributed by atoms with Gasteiger partial charge in [0, 0.05) is 47.8 Å². The zero-order valence-electron chi connectivity index (χ0n) is 20.4. The van der Waals surface area contributed by atoms with Crippen molar-refractivity contribution in [2.24, 2.45) is 0 Å². The Bertz CT molecular complexity index is 1560. The van der Waals surface area contributed by atoms with Gasteiger partial charge in [-0.3, -0.25) is 4.98 Å². The molecule has 0 amide bonds. The number of anilines is 1. The highest BCUT2D eigenvalue weighted by Crippen LogP contribution is 2.34. The minimum Gasteiger partial charge on any atom is -0.497 e. The minimum absolute atomic E-state index is 0.171. The number of benzene rings is 2. The molecule has 3 heterocycles. The predicted molar refractivity (Wildman–Crippen MR) is 136 cm³/mol. The maximum Gasteiger partial charge on any atom is 0.226 e. The lowest BCUT2D eigenvalue weighted by Gasteiger charge is -2.13. The average Bonchev–Trinajstić information content (AvgIpc) is 3.56. The van der Waals surface area contributed by atoms with E-state index >= 15 is 0 Å². The van der Waals surface area contributed by atoms with Crippen LogP contribution < -0.4 is 19.5 Å².